The van der Waals surface area contributed by atoms with Gasteiger partial charge in [0.1, 0.15) is 5.82 Å². The lowest BCUT2D eigenvalue weighted by Gasteiger charge is -2.11. The van der Waals surface area contributed by atoms with Gasteiger partial charge in [-0.3, -0.25) is 4.68 Å². The molecule has 0 atom stereocenters. The molecule has 1 amide bonds. The van der Waals surface area contributed by atoms with Crippen molar-refractivity contribution in [1.29, 1.82) is 0 Å². The van der Waals surface area contributed by atoms with Gasteiger partial charge in [0, 0.05) is 29.2 Å². The first-order valence-corrected chi connectivity index (χ1v) is 11.7. The monoisotopic (exact) mass is 450 g/mol. The van der Waals surface area contributed by atoms with Crippen molar-refractivity contribution in [2.24, 2.45) is 13.0 Å². The van der Waals surface area contributed by atoms with E-state index in [1.807, 2.05) is 53.7 Å². The lowest BCUT2D eigenvalue weighted by atomic mass is 10.2. The number of amides is 1. The van der Waals surface area contributed by atoms with Crippen molar-refractivity contribution < 1.29 is 17.9 Å². The third kappa shape index (κ3) is 4.46. The molecule has 0 radical (unpaired) electrons. The van der Waals surface area contributed by atoms with Crippen LogP contribution in [0.15, 0.2) is 30.5 Å². The largest absolute Gasteiger partial charge is 0.449 e. The summed E-state index contributed by atoms with van der Waals surface area (Å²) in [7, 11) is -2.03. The Labute approximate surface area is 179 Å². The topological polar surface area (TPSA) is 95.2 Å². The van der Waals surface area contributed by atoms with Gasteiger partial charge < -0.3 is 9.30 Å². The smallest absolute Gasteiger partial charge is 0.420 e. The van der Waals surface area contributed by atoms with Crippen LogP contribution in [0.2, 0.25) is 5.02 Å². The van der Waals surface area contributed by atoms with E-state index < -0.39 is 16.1 Å². The number of benzene rings is 1. The number of carbonyl (C=O) groups excluding carboxylic acids is 1. The van der Waals surface area contributed by atoms with Crippen molar-refractivity contribution >= 4 is 38.6 Å². The molecule has 1 aliphatic carbocycles. The molecule has 0 spiro atoms. The van der Waals surface area contributed by atoms with Gasteiger partial charge in [0.25, 0.3) is 0 Å². The average molecular weight is 451 g/mol. The number of carbonyl (C=O) groups is 1. The first kappa shape index (κ1) is 20.7. The highest BCUT2D eigenvalue weighted by atomic mass is 35.5. The highest BCUT2D eigenvalue weighted by Gasteiger charge is 2.25. The normalized spacial score (nSPS) is 14.2. The highest BCUT2D eigenvalue weighted by molar-refractivity contribution is 7.90. The van der Waals surface area contributed by atoms with Crippen LogP contribution in [0.1, 0.15) is 24.1 Å². The van der Waals surface area contributed by atoms with Crippen LogP contribution in [0.4, 0.5) is 4.79 Å². The number of rotatable bonds is 7. The van der Waals surface area contributed by atoms with E-state index >= 15 is 0 Å². The fourth-order valence-electron chi connectivity index (χ4n) is 3.49. The Balaban J connectivity index is 1.55. The molecular weight excluding hydrogens is 428 g/mol. The Bertz CT molecular complexity index is 1210. The maximum Gasteiger partial charge on any atom is 0.420 e. The molecule has 1 saturated carbocycles. The van der Waals surface area contributed by atoms with Crippen molar-refractivity contribution in [2.45, 2.75) is 26.2 Å². The fourth-order valence-corrected chi connectivity index (χ4v) is 4.55. The van der Waals surface area contributed by atoms with E-state index in [4.69, 9.17) is 16.3 Å². The molecule has 160 valence electrons. The van der Waals surface area contributed by atoms with Gasteiger partial charge in [0.05, 0.1) is 23.6 Å². The van der Waals surface area contributed by atoms with Crippen LogP contribution >= 0.6 is 11.6 Å². The third-order valence-corrected chi connectivity index (χ3v) is 6.66. The maximum atomic E-state index is 12.4. The Morgan fingerprint density at radius 2 is 2.10 bits per heavy atom. The molecule has 10 heteroatoms. The number of nitrogens with zero attached hydrogens (tertiary/aromatic N) is 3. The summed E-state index contributed by atoms with van der Waals surface area (Å²) in [6, 6.07) is 7.58. The lowest BCUT2D eigenvalue weighted by molar-refractivity contribution is 0.147. The number of aromatic nitrogens is 3. The molecule has 1 N–H and O–H groups in total. The van der Waals surface area contributed by atoms with Gasteiger partial charge in [-0.15, -0.1) is 0 Å². The van der Waals surface area contributed by atoms with Crippen molar-refractivity contribution in [2.75, 3.05) is 12.4 Å². The van der Waals surface area contributed by atoms with Crippen LogP contribution in [0.5, 0.6) is 0 Å². The van der Waals surface area contributed by atoms with Crippen molar-refractivity contribution in [3.05, 3.63) is 46.7 Å². The highest BCUT2D eigenvalue weighted by Crippen LogP contribution is 2.29. The Kier molecular flexibility index (Phi) is 5.50. The number of sulfonamides is 1. The van der Waals surface area contributed by atoms with Crippen molar-refractivity contribution in [3.8, 4) is 5.82 Å². The summed E-state index contributed by atoms with van der Waals surface area (Å²) in [5, 5.41) is 6.09. The molecule has 8 nitrogen and oxygen atoms in total. The number of aryl methyl sites for hydroxylation is 2. The van der Waals surface area contributed by atoms with Gasteiger partial charge in [-0.1, -0.05) is 17.7 Å². The zero-order valence-corrected chi connectivity index (χ0v) is 18.3. The maximum absolute atomic E-state index is 12.4. The number of hydrogen-bond acceptors (Lipinski definition) is 5. The minimum absolute atomic E-state index is 0.195. The van der Waals surface area contributed by atoms with Gasteiger partial charge in [-0.05, 0) is 50.3 Å². The molecule has 0 unspecified atom stereocenters. The Morgan fingerprint density at radius 1 is 1.33 bits per heavy atom. The number of nitrogens with one attached hydrogen (secondary N) is 1. The van der Waals surface area contributed by atoms with E-state index in [0.717, 1.165) is 40.8 Å². The van der Waals surface area contributed by atoms with Crippen LogP contribution in [0.3, 0.4) is 0 Å². The van der Waals surface area contributed by atoms with Crippen LogP contribution in [-0.2, 0) is 28.2 Å². The quantitative estimate of drug-likeness (QED) is 0.595. The number of ether oxygens (including phenoxy) is 1. The Morgan fingerprint density at radius 3 is 2.83 bits per heavy atom. The molecule has 2 heterocycles. The minimum atomic E-state index is -3.84. The first-order valence-electron chi connectivity index (χ1n) is 9.70. The predicted molar refractivity (Wildman–Crippen MR) is 114 cm³/mol. The van der Waals surface area contributed by atoms with Crippen molar-refractivity contribution in [1.82, 2.24) is 19.1 Å². The molecule has 3 aromatic rings. The zero-order chi connectivity index (χ0) is 21.5. The average Bonchev–Trinajstić information content (AvgIpc) is 3.35. The number of hydrogen-bond donors (Lipinski definition) is 1. The fraction of sp³-hybridized carbons (Fsp3) is 0.400. The first-order chi connectivity index (χ1) is 14.2. The van der Waals surface area contributed by atoms with Crippen LogP contribution in [0.25, 0.3) is 16.7 Å². The Hall–Kier alpha value is -2.52. The SMILES string of the molecule is Cc1nn(C)c(-n2ccc3ccc(Cl)cc32)c1CCS(=O)(=O)NC(=O)OCC1CC1. The van der Waals surface area contributed by atoms with Gasteiger partial charge in [0.15, 0.2) is 0 Å². The molecule has 1 aliphatic rings. The second-order valence-corrected chi connectivity index (χ2v) is 9.89. The molecular formula is C20H23ClN4O4S. The molecule has 0 saturated heterocycles. The minimum Gasteiger partial charge on any atom is -0.449 e. The molecule has 4 rings (SSSR count). The standard InChI is InChI=1S/C20H23ClN4O4S/c1-13-17(8-10-30(27,28)23-20(26)29-12-14-3-4-14)19(24(2)22-13)25-9-7-15-5-6-16(21)11-18(15)25/h5-7,9,11,14H,3-4,8,10,12H2,1-2H3,(H,23,26). The molecule has 1 aromatic carbocycles. The summed E-state index contributed by atoms with van der Waals surface area (Å²) in [4.78, 5) is 11.8. The summed E-state index contributed by atoms with van der Waals surface area (Å²) < 4.78 is 35.4. The third-order valence-electron chi connectivity index (χ3n) is 5.20. The molecule has 0 bridgehead atoms. The predicted octanol–water partition coefficient (Wildman–Crippen LogP) is 3.33. The number of halogens is 1. The summed E-state index contributed by atoms with van der Waals surface area (Å²) in [6.07, 6.45) is 3.21. The van der Waals surface area contributed by atoms with E-state index in [1.165, 1.54) is 0 Å². The van der Waals surface area contributed by atoms with Crippen LogP contribution in [0, 0.1) is 12.8 Å². The van der Waals surface area contributed by atoms with E-state index in [9.17, 15) is 13.2 Å². The summed E-state index contributed by atoms with van der Waals surface area (Å²) in [6.45, 7) is 2.10. The summed E-state index contributed by atoms with van der Waals surface area (Å²) in [5.74, 6) is 0.866. The van der Waals surface area contributed by atoms with E-state index in [0.29, 0.717) is 10.9 Å². The zero-order valence-electron chi connectivity index (χ0n) is 16.8. The van der Waals surface area contributed by atoms with Gasteiger partial charge in [-0.25, -0.2) is 17.9 Å². The van der Waals surface area contributed by atoms with Gasteiger partial charge >= 0.3 is 6.09 Å². The molecule has 0 aliphatic heterocycles. The summed E-state index contributed by atoms with van der Waals surface area (Å²) >= 11 is 6.17. The van der Waals surface area contributed by atoms with E-state index in [-0.39, 0.29) is 18.8 Å². The lowest BCUT2D eigenvalue weighted by Crippen LogP contribution is -2.34. The molecule has 2 aromatic heterocycles. The van der Waals surface area contributed by atoms with Crippen molar-refractivity contribution in [3.63, 3.8) is 0 Å². The number of fused-ring (bicyclic) bond motifs is 1. The van der Waals surface area contributed by atoms with Crippen LogP contribution < -0.4 is 4.72 Å². The van der Waals surface area contributed by atoms with Gasteiger partial charge in [-0.2, -0.15) is 5.10 Å². The second-order valence-electron chi connectivity index (χ2n) is 7.61. The van der Waals surface area contributed by atoms with Gasteiger partial charge in [0.2, 0.25) is 10.0 Å². The van der Waals surface area contributed by atoms with E-state index in [2.05, 4.69) is 5.10 Å². The summed E-state index contributed by atoms with van der Waals surface area (Å²) in [5.41, 5.74) is 2.41. The van der Waals surface area contributed by atoms with E-state index in [1.54, 1.807) is 4.68 Å². The van der Waals surface area contributed by atoms with Crippen LogP contribution in [-0.4, -0.2) is 41.2 Å². The second kappa shape index (κ2) is 7.96. The molecule has 1 fully saturated rings. The molecule has 30 heavy (non-hydrogen) atoms.